The number of halogens is 4. The number of para-hydroxylation sites is 1. The Labute approximate surface area is 112 Å². The first kappa shape index (κ1) is 14.0. The summed E-state index contributed by atoms with van der Waals surface area (Å²) >= 11 is 0. The average molecular weight is 282 g/mol. The molecule has 0 amide bonds. The van der Waals surface area contributed by atoms with Crippen LogP contribution in [0.4, 0.5) is 23.2 Å². The summed E-state index contributed by atoms with van der Waals surface area (Å²) in [7, 11) is 0. The number of hydrogen-bond acceptors (Lipinski definition) is 2. The van der Waals surface area contributed by atoms with Crippen molar-refractivity contribution in [1.82, 2.24) is 0 Å². The minimum Gasteiger partial charge on any atom is -0.278 e. The van der Waals surface area contributed by atoms with Crippen molar-refractivity contribution < 1.29 is 17.6 Å². The highest BCUT2D eigenvalue weighted by atomic mass is 19.4. The minimum absolute atomic E-state index is 0.160. The molecule has 6 heteroatoms. The monoisotopic (exact) mass is 282 g/mol. The van der Waals surface area contributed by atoms with Gasteiger partial charge < -0.3 is 0 Å². The van der Waals surface area contributed by atoms with E-state index in [2.05, 4.69) is 10.5 Å². The highest BCUT2D eigenvalue weighted by Crippen LogP contribution is 2.34. The fourth-order valence-electron chi connectivity index (χ4n) is 1.59. The van der Waals surface area contributed by atoms with Crippen molar-refractivity contribution in [3.8, 4) is 0 Å². The molecule has 0 heterocycles. The Kier molecular flexibility index (Phi) is 4.02. The maximum Gasteiger partial charge on any atom is 0.418 e. The molecule has 0 spiro atoms. The van der Waals surface area contributed by atoms with Crippen LogP contribution in [0.2, 0.25) is 0 Å². The van der Waals surface area contributed by atoms with Crippen LogP contribution >= 0.6 is 0 Å². The number of anilines is 1. The molecule has 2 nitrogen and oxygen atoms in total. The van der Waals surface area contributed by atoms with Crippen LogP contribution in [0.25, 0.3) is 0 Å². The molecule has 1 N–H and O–H groups in total. The van der Waals surface area contributed by atoms with Crippen molar-refractivity contribution in [1.29, 1.82) is 0 Å². The predicted octanol–water partition coefficient (Wildman–Crippen LogP) is 4.29. The Hall–Kier alpha value is -2.37. The first-order valence-corrected chi connectivity index (χ1v) is 5.68. The molecule has 0 aliphatic rings. The zero-order valence-corrected chi connectivity index (χ0v) is 10.2. The van der Waals surface area contributed by atoms with Crippen molar-refractivity contribution in [2.75, 3.05) is 5.43 Å². The maximum absolute atomic E-state index is 12.9. The SMILES string of the molecule is Fc1cccc(/C=N\Nc2ccccc2C(F)(F)F)c1. The number of hydrazone groups is 1. The molecule has 0 aliphatic heterocycles. The number of nitrogens with zero attached hydrogens (tertiary/aromatic N) is 1. The lowest BCUT2D eigenvalue weighted by Gasteiger charge is -2.11. The van der Waals surface area contributed by atoms with Gasteiger partial charge in [-0.2, -0.15) is 18.3 Å². The molecule has 2 aromatic carbocycles. The first-order valence-electron chi connectivity index (χ1n) is 5.68. The zero-order valence-electron chi connectivity index (χ0n) is 10.2. The van der Waals surface area contributed by atoms with Gasteiger partial charge in [-0.05, 0) is 29.8 Å². The van der Waals surface area contributed by atoms with Crippen molar-refractivity contribution in [3.63, 3.8) is 0 Å². The van der Waals surface area contributed by atoms with Gasteiger partial charge in [0.1, 0.15) is 5.82 Å². The Morgan fingerprint density at radius 1 is 1.00 bits per heavy atom. The summed E-state index contributed by atoms with van der Waals surface area (Å²) < 4.78 is 51.0. The third-order valence-electron chi connectivity index (χ3n) is 2.48. The average Bonchev–Trinajstić information content (AvgIpc) is 2.38. The third-order valence-corrected chi connectivity index (χ3v) is 2.48. The normalized spacial score (nSPS) is 11.8. The molecule has 2 rings (SSSR count). The predicted molar refractivity (Wildman–Crippen MR) is 69.1 cm³/mol. The van der Waals surface area contributed by atoms with E-state index in [-0.39, 0.29) is 5.69 Å². The molecule has 2 aromatic rings. The number of hydrogen-bond donors (Lipinski definition) is 1. The van der Waals surface area contributed by atoms with Crippen molar-refractivity contribution in [3.05, 3.63) is 65.5 Å². The Morgan fingerprint density at radius 2 is 1.75 bits per heavy atom. The van der Waals surface area contributed by atoms with Crippen LogP contribution in [0, 0.1) is 5.82 Å². The van der Waals surface area contributed by atoms with Crippen LogP contribution in [0.15, 0.2) is 53.6 Å². The number of rotatable bonds is 3. The molecule has 0 aliphatic carbocycles. The molecule has 104 valence electrons. The van der Waals surface area contributed by atoms with Gasteiger partial charge in [-0.15, -0.1) is 0 Å². The number of nitrogens with one attached hydrogen (secondary N) is 1. The summed E-state index contributed by atoms with van der Waals surface area (Å²) in [6, 6.07) is 10.6. The fraction of sp³-hybridized carbons (Fsp3) is 0.0714. The second-order valence-corrected chi connectivity index (χ2v) is 3.97. The van der Waals surface area contributed by atoms with Crippen LogP contribution in [0.5, 0.6) is 0 Å². The summed E-state index contributed by atoms with van der Waals surface area (Å²) in [6.07, 6.45) is -3.21. The zero-order chi connectivity index (χ0) is 14.6. The molecular weight excluding hydrogens is 272 g/mol. The number of benzene rings is 2. The standard InChI is InChI=1S/C14H10F4N2/c15-11-5-3-4-10(8-11)9-19-20-13-7-2-1-6-12(13)14(16,17)18/h1-9,20H/b19-9-. The van der Waals surface area contributed by atoms with Gasteiger partial charge in [0.2, 0.25) is 0 Å². The van der Waals surface area contributed by atoms with Crippen LogP contribution in [-0.2, 0) is 6.18 Å². The summed E-state index contributed by atoms with van der Waals surface area (Å²) in [5.41, 5.74) is 1.79. The Bertz CT molecular complexity index is 621. The van der Waals surface area contributed by atoms with Crippen LogP contribution < -0.4 is 5.43 Å². The molecule has 20 heavy (non-hydrogen) atoms. The van der Waals surface area contributed by atoms with Gasteiger partial charge >= 0.3 is 6.18 Å². The molecule has 0 bridgehead atoms. The number of alkyl halides is 3. The van der Waals surface area contributed by atoms with E-state index in [4.69, 9.17) is 0 Å². The lowest BCUT2D eigenvalue weighted by molar-refractivity contribution is -0.136. The maximum atomic E-state index is 12.9. The first-order chi connectivity index (χ1) is 9.47. The van der Waals surface area contributed by atoms with E-state index in [1.54, 1.807) is 6.07 Å². The van der Waals surface area contributed by atoms with E-state index in [9.17, 15) is 17.6 Å². The van der Waals surface area contributed by atoms with E-state index in [1.165, 1.54) is 42.6 Å². The van der Waals surface area contributed by atoms with Crippen LogP contribution in [0.1, 0.15) is 11.1 Å². The van der Waals surface area contributed by atoms with Crippen molar-refractivity contribution in [2.45, 2.75) is 6.18 Å². The summed E-state index contributed by atoms with van der Waals surface area (Å²) in [6.45, 7) is 0. The van der Waals surface area contributed by atoms with Gasteiger partial charge in [0, 0.05) is 0 Å². The van der Waals surface area contributed by atoms with Gasteiger partial charge in [-0.25, -0.2) is 4.39 Å². The Morgan fingerprint density at radius 3 is 2.45 bits per heavy atom. The van der Waals surface area contributed by atoms with E-state index in [0.29, 0.717) is 5.56 Å². The molecular formula is C14H10F4N2. The molecule has 0 atom stereocenters. The second kappa shape index (κ2) is 5.73. The molecule has 0 saturated heterocycles. The van der Waals surface area contributed by atoms with Gasteiger partial charge in [-0.1, -0.05) is 24.3 Å². The molecule has 0 radical (unpaired) electrons. The van der Waals surface area contributed by atoms with Crippen molar-refractivity contribution in [2.24, 2.45) is 5.10 Å². The quantitative estimate of drug-likeness (QED) is 0.507. The van der Waals surface area contributed by atoms with Crippen molar-refractivity contribution >= 4 is 11.9 Å². The third kappa shape index (κ3) is 3.57. The van der Waals surface area contributed by atoms with E-state index in [1.807, 2.05) is 0 Å². The molecule has 0 aromatic heterocycles. The fourth-order valence-corrected chi connectivity index (χ4v) is 1.59. The van der Waals surface area contributed by atoms with Crippen LogP contribution in [0.3, 0.4) is 0 Å². The summed E-state index contributed by atoms with van der Waals surface area (Å²) in [4.78, 5) is 0. The largest absolute Gasteiger partial charge is 0.418 e. The van der Waals surface area contributed by atoms with Gasteiger partial charge in [-0.3, -0.25) is 5.43 Å². The summed E-state index contributed by atoms with van der Waals surface area (Å²) in [5.74, 6) is -0.440. The van der Waals surface area contributed by atoms with Crippen LogP contribution in [-0.4, -0.2) is 6.21 Å². The second-order valence-electron chi connectivity index (χ2n) is 3.97. The molecule has 0 unspecified atom stereocenters. The Balaban J connectivity index is 2.16. The van der Waals surface area contributed by atoms with Gasteiger partial charge in [0.15, 0.2) is 0 Å². The topological polar surface area (TPSA) is 24.4 Å². The van der Waals surface area contributed by atoms with Gasteiger partial charge in [0.05, 0.1) is 17.5 Å². The van der Waals surface area contributed by atoms with E-state index < -0.39 is 17.6 Å². The smallest absolute Gasteiger partial charge is 0.278 e. The lowest BCUT2D eigenvalue weighted by Crippen LogP contribution is -2.08. The molecule has 0 saturated carbocycles. The lowest BCUT2D eigenvalue weighted by atomic mass is 10.2. The minimum atomic E-state index is -4.46. The van der Waals surface area contributed by atoms with E-state index in [0.717, 1.165) is 6.07 Å². The van der Waals surface area contributed by atoms with E-state index >= 15 is 0 Å². The highest BCUT2D eigenvalue weighted by Gasteiger charge is 2.33. The van der Waals surface area contributed by atoms with Gasteiger partial charge in [0.25, 0.3) is 0 Å². The highest BCUT2D eigenvalue weighted by molar-refractivity contribution is 5.80. The summed E-state index contributed by atoms with van der Waals surface area (Å²) in [5, 5.41) is 3.69. The molecule has 0 fully saturated rings.